The largest absolute Gasteiger partial charge is 0.396 e. The van der Waals surface area contributed by atoms with Gasteiger partial charge in [0.1, 0.15) is 12.2 Å². The topological polar surface area (TPSA) is 57.2 Å². The fraction of sp³-hybridized carbons (Fsp3) is 0.667. The van der Waals surface area contributed by atoms with Crippen molar-refractivity contribution in [1.29, 1.82) is 0 Å². The monoisotopic (exact) mass is 322 g/mol. The molecule has 1 aromatic rings. The lowest BCUT2D eigenvalue weighted by atomic mass is 10.0. The quantitative estimate of drug-likeness (QED) is 0.782. The molecular formula is C18H26O5. The number of aliphatic hydroxyl groups is 1. The van der Waals surface area contributed by atoms with Gasteiger partial charge in [0.05, 0.1) is 12.7 Å². The zero-order chi connectivity index (χ0) is 16.3. The highest BCUT2D eigenvalue weighted by atomic mass is 16.8. The van der Waals surface area contributed by atoms with E-state index in [1.807, 2.05) is 44.2 Å². The van der Waals surface area contributed by atoms with Gasteiger partial charge in [0.25, 0.3) is 0 Å². The lowest BCUT2D eigenvalue weighted by molar-refractivity contribution is -0.219. The maximum atomic E-state index is 8.97. The van der Waals surface area contributed by atoms with Crippen LogP contribution in [0.3, 0.4) is 0 Å². The Morgan fingerprint density at radius 3 is 2.65 bits per heavy atom. The van der Waals surface area contributed by atoms with Crippen LogP contribution in [-0.2, 0) is 25.6 Å². The van der Waals surface area contributed by atoms with E-state index in [0.29, 0.717) is 6.61 Å². The fourth-order valence-electron chi connectivity index (χ4n) is 3.20. The predicted molar refractivity (Wildman–Crippen MR) is 84.7 cm³/mol. The number of hydrogen-bond donors (Lipinski definition) is 1. The first kappa shape index (κ1) is 16.9. The Bertz CT molecular complexity index is 489. The molecule has 2 aliphatic heterocycles. The van der Waals surface area contributed by atoms with Gasteiger partial charge in [-0.2, -0.15) is 0 Å². The normalized spacial score (nSPS) is 32.1. The van der Waals surface area contributed by atoms with Crippen LogP contribution in [0.5, 0.6) is 0 Å². The van der Waals surface area contributed by atoms with Crippen molar-refractivity contribution in [2.75, 3.05) is 6.61 Å². The lowest BCUT2D eigenvalue weighted by Gasteiger charge is -2.26. The highest BCUT2D eigenvalue weighted by molar-refractivity contribution is 5.13. The first-order chi connectivity index (χ1) is 11.1. The van der Waals surface area contributed by atoms with Crippen molar-refractivity contribution < 1.29 is 24.1 Å². The summed E-state index contributed by atoms with van der Waals surface area (Å²) in [6.45, 7) is 4.51. The average molecular weight is 322 g/mol. The Balaban J connectivity index is 1.63. The number of unbranched alkanes of at least 4 members (excludes halogenated alkanes) is 1. The van der Waals surface area contributed by atoms with Crippen molar-refractivity contribution in [3.8, 4) is 0 Å². The average Bonchev–Trinajstić information content (AvgIpc) is 2.98. The number of ether oxygens (including phenoxy) is 4. The molecule has 2 saturated heterocycles. The number of hydrogen-bond acceptors (Lipinski definition) is 5. The van der Waals surface area contributed by atoms with Crippen LogP contribution in [0.15, 0.2) is 30.3 Å². The van der Waals surface area contributed by atoms with Gasteiger partial charge in [-0.05, 0) is 38.7 Å². The van der Waals surface area contributed by atoms with E-state index in [1.165, 1.54) is 0 Å². The molecule has 0 saturated carbocycles. The van der Waals surface area contributed by atoms with Gasteiger partial charge < -0.3 is 24.1 Å². The van der Waals surface area contributed by atoms with Gasteiger partial charge in [0.2, 0.25) is 0 Å². The standard InChI is InChI=1S/C18H26O5/c1-18(2)22-16-15(20-12-13-8-4-3-5-9-13)14(10-6-7-11-19)21-17(16)23-18/h3-5,8-9,14-17,19H,6-7,10-12H2,1-2H3/t14-,15+,16-,17-/m1/s1. The number of aliphatic hydroxyl groups excluding tert-OH is 1. The third kappa shape index (κ3) is 4.11. The smallest absolute Gasteiger partial charge is 0.190 e. The summed E-state index contributed by atoms with van der Waals surface area (Å²) in [5, 5.41) is 8.97. The van der Waals surface area contributed by atoms with Crippen molar-refractivity contribution in [3.05, 3.63) is 35.9 Å². The Kier molecular flexibility index (Phi) is 5.34. The van der Waals surface area contributed by atoms with Crippen molar-refractivity contribution in [3.63, 3.8) is 0 Å². The van der Waals surface area contributed by atoms with Gasteiger partial charge >= 0.3 is 0 Å². The molecule has 0 spiro atoms. The van der Waals surface area contributed by atoms with E-state index in [9.17, 15) is 0 Å². The third-order valence-electron chi connectivity index (χ3n) is 4.27. The number of fused-ring (bicyclic) bond motifs is 1. The van der Waals surface area contributed by atoms with Crippen molar-refractivity contribution in [1.82, 2.24) is 0 Å². The van der Waals surface area contributed by atoms with E-state index in [-0.39, 0.29) is 31.2 Å². The molecule has 1 N–H and O–H groups in total. The maximum Gasteiger partial charge on any atom is 0.190 e. The van der Waals surface area contributed by atoms with Gasteiger partial charge in [0, 0.05) is 6.61 Å². The first-order valence-corrected chi connectivity index (χ1v) is 8.36. The van der Waals surface area contributed by atoms with Gasteiger partial charge in [0.15, 0.2) is 12.1 Å². The Hall–Kier alpha value is -0.980. The lowest BCUT2D eigenvalue weighted by Crippen LogP contribution is -2.36. The van der Waals surface area contributed by atoms with Crippen LogP contribution in [0, 0.1) is 0 Å². The zero-order valence-corrected chi connectivity index (χ0v) is 13.8. The van der Waals surface area contributed by atoms with Crippen LogP contribution in [0.1, 0.15) is 38.7 Å². The van der Waals surface area contributed by atoms with E-state index < -0.39 is 5.79 Å². The molecule has 4 atom stereocenters. The Morgan fingerprint density at radius 2 is 1.91 bits per heavy atom. The highest BCUT2D eigenvalue weighted by Gasteiger charge is 2.55. The summed E-state index contributed by atoms with van der Waals surface area (Å²) in [5.74, 6) is -0.639. The van der Waals surface area contributed by atoms with Crippen molar-refractivity contribution in [2.24, 2.45) is 0 Å². The second-order valence-corrected chi connectivity index (χ2v) is 6.62. The summed E-state index contributed by atoms with van der Waals surface area (Å²) in [6.07, 6.45) is 1.72. The Labute approximate surface area is 137 Å². The van der Waals surface area contributed by atoms with Crippen molar-refractivity contribution in [2.45, 2.75) is 70.1 Å². The highest BCUT2D eigenvalue weighted by Crippen LogP contribution is 2.40. The van der Waals surface area contributed by atoms with Gasteiger partial charge in [-0.3, -0.25) is 0 Å². The molecule has 23 heavy (non-hydrogen) atoms. The number of rotatable bonds is 7. The molecule has 2 aliphatic rings. The molecule has 1 aromatic carbocycles. The van der Waals surface area contributed by atoms with Crippen LogP contribution in [0.2, 0.25) is 0 Å². The molecule has 2 fully saturated rings. The fourth-order valence-corrected chi connectivity index (χ4v) is 3.20. The van der Waals surface area contributed by atoms with E-state index >= 15 is 0 Å². The van der Waals surface area contributed by atoms with E-state index in [4.69, 9.17) is 24.1 Å². The summed E-state index contributed by atoms with van der Waals surface area (Å²) in [6, 6.07) is 10.1. The molecule has 0 unspecified atom stereocenters. The maximum absolute atomic E-state index is 8.97. The third-order valence-corrected chi connectivity index (χ3v) is 4.27. The minimum absolute atomic E-state index is 0.0589. The number of benzene rings is 1. The molecule has 2 heterocycles. The molecule has 5 nitrogen and oxygen atoms in total. The van der Waals surface area contributed by atoms with Gasteiger partial charge in [-0.15, -0.1) is 0 Å². The predicted octanol–water partition coefficient (Wildman–Crippen LogP) is 2.61. The minimum Gasteiger partial charge on any atom is -0.396 e. The molecule has 5 heteroatoms. The molecule has 0 aliphatic carbocycles. The van der Waals surface area contributed by atoms with E-state index in [0.717, 1.165) is 24.8 Å². The molecule has 0 aromatic heterocycles. The second kappa shape index (κ2) is 7.28. The molecule has 0 bridgehead atoms. The first-order valence-electron chi connectivity index (χ1n) is 8.36. The van der Waals surface area contributed by atoms with E-state index in [1.54, 1.807) is 0 Å². The van der Waals surface area contributed by atoms with Gasteiger partial charge in [-0.25, -0.2) is 0 Å². The summed E-state index contributed by atoms with van der Waals surface area (Å²) in [5.41, 5.74) is 1.13. The summed E-state index contributed by atoms with van der Waals surface area (Å²) >= 11 is 0. The minimum atomic E-state index is -0.639. The SMILES string of the molecule is CC1(C)O[C@H]2O[C@H](CCCCO)[C@H](OCc3ccccc3)[C@H]2O1. The van der Waals surface area contributed by atoms with Crippen LogP contribution in [0.4, 0.5) is 0 Å². The van der Waals surface area contributed by atoms with Crippen LogP contribution < -0.4 is 0 Å². The van der Waals surface area contributed by atoms with Crippen LogP contribution in [-0.4, -0.2) is 42.1 Å². The summed E-state index contributed by atoms with van der Waals surface area (Å²) in [4.78, 5) is 0. The zero-order valence-electron chi connectivity index (χ0n) is 13.8. The Morgan fingerprint density at radius 1 is 1.13 bits per heavy atom. The van der Waals surface area contributed by atoms with E-state index in [2.05, 4.69) is 0 Å². The summed E-state index contributed by atoms with van der Waals surface area (Å²) < 4.78 is 24.0. The van der Waals surface area contributed by atoms with Gasteiger partial charge in [-0.1, -0.05) is 30.3 Å². The molecule has 0 amide bonds. The second-order valence-electron chi connectivity index (χ2n) is 6.62. The van der Waals surface area contributed by atoms with Crippen LogP contribution >= 0.6 is 0 Å². The molecule has 3 rings (SSSR count). The molecule has 0 radical (unpaired) electrons. The van der Waals surface area contributed by atoms with Crippen molar-refractivity contribution >= 4 is 0 Å². The van der Waals surface area contributed by atoms with Crippen LogP contribution in [0.25, 0.3) is 0 Å². The summed E-state index contributed by atoms with van der Waals surface area (Å²) in [7, 11) is 0. The molecular weight excluding hydrogens is 296 g/mol. The molecule has 128 valence electrons.